The minimum absolute atomic E-state index is 0.105. The van der Waals surface area contributed by atoms with Crippen LogP contribution in [0.5, 0.6) is 0 Å². The summed E-state index contributed by atoms with van der Waals surface area (Å²) in [4.78, 5) is 19.9. The van der Waals surface area contributed by atoms with E-state index in [2.05, 4.69) is 9.97 Å². The molecule has 0 amide bonds. The average molecular weight is 417 g/mol. The van der Waals surface area contributed by atoms with Gasteiger partial charge in [-0.2, -0.15) is 0 Å². The Morgan fingerprint density at radius 1 is 0.871 bits per heavy atom. The molecule has 0 unspecified atom stereocenters. The maximum absolute atomic E-state index is 14.9. The minimum Gasteiger partial charge on any atom is -0.345 e. The van der Waals surface area contributed by atoms with E-state index in [-0.39, 0.29) is 22.1 Å². The number of nitrogens with zero attached hydrogens (tertiary/aromatic N) is 2. The number of H-pyrrole nitrogens is 1. The summed E-state index contributed by atoms with van der Waals surface area (Å²) < 4.78 is 44.3. The highest BCUT2D eigenvalue weighted by molar-refractivity contribution is 5.84. The number of imidazole rings is 1. The van der Waals surface area contributed by atoms with Crippen molar-refractivity contribution < 1.29 is 13.2 Å². The Hall–Kier alpha value is -4.13. The minimum atomic E-state index is -0.737. The number of halogens is 3. The Balaban J connectivity index is 1.79. The predicted molar refractivity (Wildman–Crippen MR) is 112 cm³/mol. The fraction of sp³-hybridized carbons (Fsp3) is 0. The zero-order valence-electron chi connectivity index (χ0n) is 15.9. The highest BCUT2D eigenvalue weighted by Crippen LogP contribution is 2.31. The topological polar surface area (TPSA) is 50.2 Å². The van der Waals surface area contributed by atoms with Crippen molar-refractivity contribution in [3.05, 3.63) is 107 Å². The third-order valence-electron chi connectivity index (χ3n) is 5.12. The Morgan fingerprint density at radius 3 is 2.52 bits per heavy atom. The molecule has 0 radical (unpaired) electrons. The number of benzene rings is 2. The van der Waals surface area contributed by atoms with Crippen LogP contribution in [0.4, 0.5) is 13.2 Å². The second-order valence-electron chi connectivity index (χ2n) is 6.98. The van der Waals surface area contributed by atoms with Crippen LogP contribution in [0.3, 0.4) is 0 Å². The summed E-state index contributed by atoms with van der Waals surface area (Å²) >= 11 is 0. The van der Waals surface area contributed by atoms with Crippen LogP contribution in [-0.2, 0) is 0 Å². The predicted octanol–water partition coefficient (Wildman–Crippen LogP) is 5.44. The van der Waals surface area contributed by atoms with Crippen molar-refractivity contribution in [2.75, 3.05) is 0 Å². The number of nitrogens with one attached hydrogen (secondary N) is 1. The highest BCUT2D eigenvalue weighted by atomic mass is 19.1. The molecule has 0 aliphatic rings. The van der Waals surface area contributed by atoms with Crippen LogP contribution in [0, 0.1) is 17.5 Å². The molecule has 0 saturated carbocycles. The number of aromatic amines is 1. The van der Waals surface area contributed by atoms with Gasteiger partial charge in [0, 0.05) is 47.4 Å². The van der Waals surface area contributed by atoms with Crippen LogP contribution >= 0.6 is 0 Å². The quantitative estimate of drug-likeness (QED) is 0.425. The van der Waals surface area contributed by atoms with E-state index in [1.165, 1.54) is 24.4 Å². The number of rotatable bonds is 3. The Labute approximate surface area is 174 Å². The molecule has 31 heavy (non-hydrogen) atoms. The zero-order valence-corrected chi connectivity index (χ0v) is 15.9. The molecule has 0 aliphatic carbocycles. The molecule has 0 spiro atoms. The van der Waals surface area contributed by atoms with Gasteiger partial charge in [0.15, 0.2) is 5.43 Å². The molecule has 1 N–H and O–H groups in total. The van der Waals surface area contributed by atoms with E-state index in [1.807, 2.05) is 0 Å². The SMILES string of the molecule is O=c1ccn2c(-c3ccc(F)cc3F)cccc2c1-c1cc(-c2ncc[nH]2)ccc1F. The average Bonchev–Trinajstić information content (AvgIpc) is 3.29. The molecule has 2 aromatic carbocycles. The molecular formula is C24H14F3N3O. The summed E-state index contributed by atoms with van der Waals surface area (Å²) in [5.41, 5.74) is 1.43. The molecule has 3 aromatic heterocycles. The van der Waals surface area contributed by atoms with Gasteiger partial charge in [0.1, 0.15) is 23.3 Å². The maximum Gasteiger partial charge on any atom is 0.190 e. The van der Waals surface area contributed by atoms with Gasteiger partial charge >= 0.3 is 0 Å². The number of hydrogen-bond donors (Lipinski definition) is 1. The molecule has 152 valence electrons. The van der Waals surface area contributed by atoms with Gasteiger partial charge in [-0.1, -0.05) is 6.07 Å². The second-order valence-corrected chi connectivity index (χ2v) is 6.98. The molecule has 0 fully saturated rings. The third-order valence-corrected chi connectivity index (χ3v) is 5.12. The number of pyridine rings is 2. The van der Waals surface area contributed by atoms with Crippen LogP contribution in [-0.4, -0.2) is 14.4 Å². The summed E-state index contributed by atoms with van der Waals surface area (Å²) in [6.45, 7) is 0. The van der Waals surface area contributed by atoms with Gasteiger partial charge in [0.25, 0.3) is 0 Å². The molecule has 0 bridgehead atoms. The number of fused-ring (bicyclic) bond motifs is 1. The fourth-order valence-electron chi connectivity index (χ4n) is 3.71. The van der Waals surface area contributed by atoms with Gasteiger partial charge in [-0.15, -0.1) is 0 Å². The lowest BCUT2D eigenvalue weighted by atomic mass is 10.00. The standard InChI is InChI=1S/C24H14F3N3O/c25-15-5-6-16(19(27)13-15)20-2-1-3-21-23(22(31)8-11-30(20)21)17-12-14(4-7-18(17)26)24-28-9-10-29-24/h1-13H,(H,28,29). The summed E-state index contributed by atoms with van der Waals surface area (Å²) in [6, 6.07) is 13.9. The van der Waals surface area contributed by atoms with Gasteiger partial charge in [0.05, 0.1) is 16.8 Å². The smallest absolute Gasteiger partial charge is 0.190 e. The summed E-state index contributed by atoms with van der Waals surface area (Å²) in [5, 5.41) is 0. The van der Waals surface area contributed by atoms with Gasteiger partial charge in [-0.3, -0.25) is 4.79 Å². The van der Waals surface area contributed by atoms with Crippen LogP contribution in [0.1, 0.15) is 0 Å². The zero-order chi connectivity index (χ0) is 21.5. The largest absolute Gasteiger partial charge is 0.345 e. The van der Waals surface area contributed by atoms with Gasteiger partial charge in [-0.25, -0.2) is 18.2 Å². The molecule has 7 heteroatoms. The lowest BCUT2D eigenvalue weighted by Crippen LogP contribution is -2.09. The molecular weight excluding hydrogens is 403 g/mol. The van der Waals surface area contributed by atoms with E-state index in [1.54, 1.807) is 47.1 Å². The van der Waals surface area contributed by atoms with Crippen LogP contribution in [0.25, 0.3) is 39.3 Å². The van der Waals surface area contributed by atoms with Crippen molar-refractivity contribution in [3.8, 4) is 33.8 Å². The van der Waals surface area contributed by atoms with Crippen LogP contribution in [0.2, 0.25) is 0 Å². The van der Waals surface area contributed by atoms with Crippen LogP contribution < -0.4 is 5.43 Å². The first-order valence-electron chi connectivity index (χ1n) is 9.42. The molecule has 4 nitrogen and oxygen atoms in total. The normalized spacial score (nSPS) is 11.2. The fourth-order valence-corrected chi connectivity index (χ4v) is 3.71. The van der Waals surface area contributed by atoms with E-state index in [9.17, 15) is 18.0 Å². The van der Waals surface area contributed by atoms with Crippen molar-refractivity contribution in [2.45, 2.75) is 0 Å². The Bertz CT molecular complexity index is 1490. The van der Waals surface area contributed by atoms with E-state index in [0.29, 0.717) is 22.6 Å². The molecule has 0 saturated heterocycles. The van der Waals surface area contributed by atoms with E-state index in [4.69, 9.17) is 0 Å². The molecule has 0 aliphatic heterocycles. The number of aromatic nitrogens is 3. The van der Waals surface area contributed by atoms with E-state index in [0.717, 1.165) is 12.1 Å². The lowest BCUT2D eigenvalue weighted by molar-refractivity contribution is 0.585. The van der Waals surface area contributed by atoms with Gasteiger partial charge in [-0.05, 0) is 42.5 Å². The summed E-state index contributed by atoms with van der Waals surface area (Å²) in [6.07, 6.45) is 4.72. The van der Waals surface area contributed by atoms with Crippen LogP contribution in [0.15, 0.2) is 84.0 Å². The Kier molecular flexibility index (Phi) is 4.43. The van der Waals surface area contributed by atoms with Crippen molar-refractivity contribution >= 4 is 5.52 Å². The lowest BCUT2D eigenvalue weighted by Gasteiger charge is -2.14. The van der Waals surface area contributed by atoms with Crippen molar-refractivity contribution in [3.63, 3.8) is 0 Å². The molecule has 5 rings (SSSR count). The first-order valence-corrected chi connectivity index (χ1v) is 9.42. The maximum atomic E-state index is 14.9. The van der Waals surface area contributed by atoms with E-state index < -0.39 is 17.5 Å². The third kappa shape index (κ3) is 3.20. The first kappa shape index (κ1) is 18.9. The molecule has 3 heterocycles. The summed E-state index contributed by atoms with van der Waals surface area (Å²) in [5.74, 6) is -1.46. The monoisotopic (exact) mass is 417 g/mol. The second kappa shape index (κ2) is 7.28. The van der Waals surface area contributed by atoms with Crippen molar-refractivity contribution in [2.24, 2.45) is 0 Å². The molecule has 5 aromatic rings. The Morgan fingerprint density at radius 2 is 1.74 bits per heavy atom. The highest BCUT2D eigenvalue weighted by Gasteiger charge is 2.17. The van der Waals surface area contributed by atoms with E-state index >= 15 is 0 Å². The van der Waals surface area contributed by atoms with Gasteiger partial charge in [0.2, 0.25) is 0 Å². The van der Waals surface area contributed by atoms with Crippen molar-refractivity contribution in [1.82, 2.24) is 14.4 Å². The summed E-state index contributed by atoms with van der Waals surface area (Å²) in [7, 11) is 0. The van der Waals surface area contributed by atoms with Gasteiger partial charge < -0.3 is 9.38 Å². The van der Waals surface area contributed by atoms with Crippen molar-refractivity contribution in [1.29, 1.82) is 0 Å². The first-order chi connectivity index (χ1) is 15.0. The molecule has 0 atom stereocenters. The number of hydrogen-bond acceptors (Lipinski definition) is 2.